The van der Waals surface area contributed by atoms with Gasteiger partial charge < -0.3 is 15.6 Å². The molecule has 0 aromatic carbocycles. The first-order valence-corrected chi connectivity index (χ1v) is 7.14. The van der Waals surface area contributed by atoms with E-state index in [2.05, 4.69) is 4.98 Å². The summed E-state index contributed by atoms with van der Waals surface area (Å²) in [4.78, 5) is 15.9. The van der Waals surface area contributed by atoms with Gasteiger partial charge >= 0.3 is 31.6 Å². The van der Waals surface area contributed by atoms with Crippen LogP contribution in [-0.4, -0.2) is 21.7 Å². The lowest BCUT2D eigenvalue weighted by molar-refractivity contribution is -0.327. The molecular formula is C11H13IN3O3S+. The van der Waals surface area contributed by atoms with Crippen molar-refractivity contribution in [3.8, 4) is 6.07 Å². The fourth-order valence-electron chi connectivity index (χ4n) is 1.12. The van der Waals surface area contributed by atoms with Crippen LogP contribution in [0.25, 0.3) is 5.76 Å². The van der Waals surface area contributed by atoms with Gasteiger partial charge in [0.25, 0.3) is 0 Å². The number of hydrogen-bond acceptors (Lipinski definition) is 7. The summed E-state index contributed by atoms with van der Waals surface area (Å²) in [6.07, 6.45) is 0. The standard InChI is InChI=1S/C11H12IN3O3S/c1-11(2,3)18-9(17)5(4-13)6(16)7-8(14)15-10(12)19-7/h12H,1-3H3,(H2-,14,16,17)/p+1. The van der Waals surface area contributed by atoms with E-state index in [9.17, 15) is 9.90 Å². The van der Waals surface area contributed by atoms with Gasteiger partial charge in [0.1, 0.15) is 16.5 Å². The van der Waals surface area contributed by atoms with Crippen LogP contribution >= 0.6 is 11.3 Å². The molecule has 0 bridgehead atoms. The summed E-state index contributed by atoms with van der Waals surface area (Å²) in [7, 11) is 0. The number of esters is 1. The van der Waals surface area contributed by atoms with Gasteiger partial charge in [0.2, 0.25) is 0 Å². The minimum atomic E-state index is -0.890. The van der Waals surface area contributed by atoms with Crippen molar-refractivity contribution >= 4 is 28.9 Å². The number of nitrogens with two attached hydrogens (primary N) is 1. The molecule has 0 amide bonds. The van der Waals surface area contributed by atoms with Crippen LogP contribution in [0, 0.1) is 14.3 Å². The molecule has 0 saturated carbocycles. The van der Waals surface area contributed by atoms with Crippen molar-refractivity contribution in [2.24, 2.45) is 0 Å². The number of anilines is 1. The van der Waals surface area contributed by atoms with Crippen LogP contribution in [0.1, 0.15) is 25.6 Å². The molecule has 0 spiro atoms. The van der Waals surface area contributed by atoms with Crippen molar-refractivity contribution in [1.29, 1.82) is 5.26 Å². The Morgan fingerprint density at radius 3 is 2.53 bits per heavy atom. The lowest BCUT2D eigenvalue weighted by atomic mass is 10.1. The molecule has 0 saturated heterocycles. The molecule has 6 nitrogen and oxygen atoms in total. The Kier molecular flexibility index (Phi) is 4.75. The minimum absolute atomic E-state index is 0.0824. The van der Waals surface area contributed by atoms with Crippen LogP contribution in [0.2, 0.25) is 0 Å². The largest absolute Gasteiger partial charge is 0.505 e. The normalized spacial score (nSPS) is 12.6. The zero-order valence-corrected chi connectivity index (χ0v) is 13.7. The number of halogens is 1. The van der Waals surface area contributed by atoms with Crippen molar-refractivity contribution in [1.82, 2.24) is 4.98 Å². The number of aromatic nitrogens is 1. The number of carbonyl (C=O) groups excluding carboxylic acids is 1. The van der Waals surface area contributed by atoms with Gasteiger partial charge in [-0.3, -0.25) is 0 Å². The fraction of sp³-hybridized carbons (Fsp3) is 0.364. The monoisotopic (exact) mass is 394 g/mol. The topological polar surface area (TPSA) is 109 Å². The molecule has 1 rings (SSSR count). The predicted molar refractivity (Wildman–Crippen MR) is 67.6 cm³/mol. The highest BCUT2D eigenvalue weighted by molar-refractivity contribution is 7.10. The van der Waals surface area contributed by atoms with E-state index in [1.54, 1.807) is 49.4 Å². The van der Waals surface area contributed by atoms with E-state index in [4.69, 9.17) is 15.7 Å². The average molecular weight is 394 g/mol. The van der Waals surface area contributed by atoms with Gasteiger partial charge in [-0.2, -0.15) is 10.2 Å². The number of hydrogen-bond donors (Lipinski definition) is 2. The molecule has 0 atom stereocenters. The Hall–Kier alpha value is -1.34. The van der Waals surface area contributed by atoms with Gasteiger partial charge in [-0.1, -0.05) is 11.3 Å². The van der Waals surface area contributed by atoms with Crippen molar-refractivity contribution < 1.29 is 37.2 Å². The number of aliphatic hydroxyl groups excluding tert-OH is 1. The molecule has 3 N–H and O–H groups in total. The van der Waals surface area contributed by atoms with Crippen molar-refractivity contribution in [2.75, 3.05) is 5.73 Å². The van der Waals surface area contributed by atoms with Gasteiger partial charge in [0, 0.05) is 0 Å². The predicted octanol–water partition coefficient (Wildman–Crippen LogP) is -1.69. The summed E-state index contributed by atoms with van der Waals surface area (Å²) in [6.45, 7) is 5.01. The fourth-order valence-corrected chi connectivity index (χ4v) is 2.78. The number of nitrogens with zero attached hydrogens (tertiary/aromatic N) is 2. The molecule has 1 heterocycles. The molecule has 1 aromatic heterocycles. The average Bonchev–Trinajstić information content (AvgIpc) is 2.55. The highest BCUT2D eigenvalue weighted by atomic mass is 127. The molecule has 0 aliphatic carbocycles. The maximum atomic E-state index is 11.8. The van der Waals surface area contributed by atoms with Crippen molar-refractivity contribution in [3.63, 3.8) is 0 Å². The number of rotatable bonds is 2. The number of ether oxygens (including phenoxy) is 1. The SMILES string of the molecule is CC(C)(C)OC(=O)/C(C#N)=C(\O)c1sc([IH+])nc1N. The minimum Gasteiger partial charge on any atom is -0.505 e. The van der Waals surface area contributed by atoms with E-state index >= 15 is 0 Å². The summed E-state index contributed by atoms with van der Waals surface area (Å²) >= 11 is 2.73. The second-order valence-electron chi connectivity index (χ2n) is 4.53. The third-order valence-corrected chi connectivity index (χ3v) is 3.65. The van der Waals surface area contributed by atoms with E-state index < -0.39 is 22.9 Å². The Morgan fingerprint density at radius 2 is 2.16 bits per heavy atom. The zero-order chi connectivity index (χ0) is 14.8. The summed E-state index contributed by atoms with van der Waals surface area (Å²) in [6, 6.07) is 1.64. The molecule has 1 aromatic rings. The third kappa shape index (κ3) is 4.07. The molecule has 0 fully saturated rings. The lowest BCUT2D eigenvalue weighted by Crippen LogP contribution is -3.34. The van der Waals surface area contributed by atoms with Gasteiger partial charge in [-0.25, -0.2) is 4.79 Å². The summed E-state index contributed by atoms with van der Waals surface area (Å²) in [5.74, 6) is -1.31. The maximum Gasteiger partial charge on any atom is 0.353 e. The lowest BCUT2D eigenvalue weighted by Gasteiger charge is -2.19. The first kappa shape index (κ1) is 15.7. The third-order valence-electron chi connectivity index (χ3n) is 1.80. The highest BCUT2D eigenvalue weighted by Crippen LogP contribution is 2.26. The molecule has 102 valence electrons. The second kappa shape index (κ2) is 5.75. The molecular weight excluding hydrogens is 381 g/mol. The Balaban J connectivity index is 3.21. The number of aliphatic hydroxyl groups is 1. The summed E-state index contributed by atoms with van der Waals surface area (Å²) < 4.78 is 5.68. The second-order valence-corrected chi connectivity index (χ2v) is 7.44. The molecule has 0 unspecified atom stereocenters. The maximum absolute atomic E-state index is 11.8. The quantitative estimate of drug-likeness (QED) is 0.204. The van der Waals surface area contributed by atoms with Crippen LogP contribution in [0.5, 0.6) is 0 Å². The van der Waals surface area contributed by atoms with E-state index in [1.165, 1.54) is 0 Å². The van der Waals surface area contributed by atoms with E-state index in [1.807, 2.05) is 0 Å². The van der Waals surface area contributed by atoms with Crippen LogP contribution in [0.3, 0.4) is 0 Å². The molecule has 0 aliphatic rings. The van der Waals surface area contributed by atoms with E-state index in [0.717, 1.165) is 11.3 Å². The number of nitrogen functional groups attached to an aromatic ring is 1. The van der Waals surface area contributed by atoms with Crippen LogP contribution < -0.4 is 28.3 Å². The Bertz CT molecular complexity index is 581. The summed E-state index contributed by atoms with van der Waals surface area (Å²) in [5, 5.41) is 19.0. The van der Waals surface area contributed by atoms with Crippen LogP contribution in [0.15, 0.2) is 5.57 Å². The van der Waals surface area contributed by atoms with Gasteiger partial charge in [0.05, 0.1) is 0 Å². The molecule has 0 radical (unpaired) electrons. The Morgan fingerprint density at radius 1 is 1.58 bits per heavy atom. The Labute approximate surface area is 128 Å². The van der Waals surface area contributed by atoms with Crippen molar-refractivity contribution in [2.45, 2.75) is 26.4 Å². The molecule has 0 aliphatic heterocycles. The van der Waals surface area contributed by atoms with Gasteiger partial charge in [-0.15, -0.1) is 0 Å². The molecule has 8 heteroatoms. The summed E-state index contributed by atoms with van der Waals surface area (Å²) in [5.41, 5.74) is 4.37. The number of carbonyl (C=O) groups is 1. The van der Waals surface area contributed by atoms with E-state index in [-0.39, 0.29) is 10.7 Å². The van der Waals surface area contributed by atoms with Gasteiger partial charge in [-0.05, 0) is 20.8 Å². The van der Waals surface area contributed by atoms with Crippen molar-refractivity contribution in [3.05, 3.63) is 13.5 Å². The zero-order valence-electron chi connectivity index (χ0n) is 10.6. The van der Waals surface area contributed by atoms with E-state index in [0.29, 0.717) is 3.01 Å². The highest BCUT2D eigenvalue weighted by Gasteiger charge is 2.26. The van der Waals surface area contributed by atoms with Gasteiger partial charge in [0.15, 0.2) is 17.2 Å². The first-order valence-electron chi connectivity index (χ1n) is 5.16. The molecule has 19 heavy (non-hydrogen) atoms. The first-order chi connectivity index (χ1) is 8.65. The van der Waals surface area contributed by atoms with Crippen LogP contribution in [-0.2, 0) is 9.53 Å². The number of nitriles is 1. The number of thiazole rings is 1. The van der Waals surface area contributed by atoms with Crippen LogP contribution in [0.4, 0.5) is 5.82 Å². The smallest absolute Gasteiger partial charge is 0.353 e.